The fourth-order valence-corrected chi connectivity index (χ4v) is 3.42. The molecule has 0 aliphatic heterocycles. The van der Waals surface area contributed by atoms with Crippen LogP contribution in [-0.4, -0.2) is 12.0 Å². The van der Waals surface area contributed by atoms with Gasteiger partial charge in [-0.1, -0.05) is 6.07 Å². The molecule has 1 atom stereocenters. The average Bonchev–Trinajstić information content (AvgIpc) is 2.73. The Morgan fingerprint density at radius 3 is 2.88 bits per heavy atom. The normalized spacial score (nSPS) is 12.6. The Morgan fingerprint density at radius 1 is 1.47 bits per heavy atom. The zero-order chi connectivity index (χ0) is 12.3. The summed E-state index contributed by atoms with van der Waals surface area (Å²) >= 11 is 5.36. The molecule has 2 aromatic heterocycles. The Hall–Kier alpha value is -0.710. The van der Waals surface area contributed by atoms with Crippen LogP contribution in [0.15, 0.2) is 34.2 Å². The van der Waals surface area contributed by atoms with E-state index in [1.807, 2.05) is 19.3 Å². The molecular weight excluding hydrogens is 296 g/mol. The molecule has 2 aromatic rings. The number of rotatable bonds is 4. The molecule has 0 saturated heterocycles. The quantitative estimate of drug-likeness (QED) is 0.931. The van der Waals surface area contributed by atoms with Gasteiger partial charge in [-0.25, -0.2) is 0 Å². The van der Waals surface area contributed by atoms with Crippen LogP contribution in [0.5, 0.6) is 0 Å². The van der Waals surface area contributed by atoms with Gasteiger partial charge in [0, 0.05) is 22.0 Å². The van der Waals surface area contributed by atoms with Gasteiger partial charge in [-0.15, -0.1) is 11.3 Å². The molecule has 0 aliphatic carbocycles. The minimum Gasteiger partial charge on any atom is -0.311 e. The number of halogens is 1. The first kappa shape index (κ1) is 12.7. The fourth-order valence-electron chi connectivity index (χ4n) is 1.85. The summed E-state index contributed by atoms with van der Waals surface area (Å²) in [5.74, 6) is 0. The van der Waals surface area contributed by atoms with Crippen molar-refractivity contribution >= 4 is 27.3 Å². The number of nitrogens with zero attached hydrogens (tertiary/aromatic N) is 1. The maximum absolute atomic E-state index is 4.49. The van der Waals surface area contributed by atoms with Gasteiger partial charge in [0.05, 0.1) is 11.7 Å². The van der Waals surface area contributed by atoms with Gasteiger partial charge in [0.2, 0.25) is 0 Å². The summed E-state index contributed by atoms with van der Waals surface area (Å²) in [5, 5.41) is 5.46. The van der Waals surface area contributed by atoms with E-state index in [9.17, 15) is 0 Å². The predicted molar refractivity (Wildman–Crippen MR) is 76.5 cm³/mol. The lowest BCUT2D eigenvalue weighted by atomic mass is 10.0. The lowest BCUT2D eigenvalue weighted by molar-refractivity contribution is 0.575. The maximum Gasteiger partial charge on any atom is 0.0605 e. The molecule has 17 heavy (non-hydrogen) atoms. The van der Waals surface area contributed by atoms with Crippen molar-refractivity contribution < 1.29 is 0 Å². The number of likely N-dealkylation sites (N-methyl/N-ethyl adjacent to an activating group) is 1. The van der Waals surface area contributed by atoms with Crippen molar-refractivity contribution in [2.24, 2.45) is 0 Å². The van der Waals surface area contributed by atoms with Crippen molar-refractivity contribution in [2.45, 2.75) is 19.4 Å². The van der Waals surface area contributed by atoms with Gasteiger partial charge < -0.3 is 5.32 Å². The molecule has 0 radical (unpaired) electrons. The molecule has 0 saturated carbocycles. The summed E-state index contributed by atoms with van der Waals surface area (Å²) in [6, 6.07) is 6.45. The Kier molecular flexibility index (Phi) is 4.31. The minimum absolute atomic E-state index is 0.270. The molecule has 1 unspecified atom stereocenters. The Bertz CT molecular complexity index is 496. The summed E-state index contributed by atoms with van der Waals surface area (Å²) < 4.78 is 1.19. The van der Waals surface area contributed by atoms with Crippen LogP contribution < -0.4 is 5.32 Å². The molecule has 0 amide bonds. The van der Waals surface area contributed by atoms with Crippen LogP contribution in [0.1, 0.15) is 22.2 Å². The number of hydrogen-bond donors (Lipinski definition) is 1. The second-order valence-electron chi connectivity index (χ2n) is 3.94. The third-order valence-corrected chi connectivity index (χ3v) is 4.76. The SMILES string of the molecule is CNC(Cc1sccc1Br)c1ncccc1C. The molecule has 0 aromatic carbocycles. The van der Waals surface area contributed by atoms with Gasteiger partial charge in [-0.3, -0.25) is 4.98 Å². The zero-order valence-electron chi connectivity index (χ0n) is 9.90. The van der Waals surface area contributed by atoms with Crippen molar-refractivity contribution in [3.8, 4) is 0 Å². The van der Waals surface area contributed by atoms with E-state index < -0.39 is 0 Å². The van der Waals surface area contributed by atoms with Crippen molar-refractivity contribution in [1.82, 2.24) is 10.3 Å². The second-order valence-corrected chi connectivity index (χ2v) is 5.80. The fraction of sp³-hybridized carbons (Fsp3) is 0.308. The highest BCUT2D eigenvalue weighted by Crippen LogP contribution is 2.28. The van der Waals surface area contributed by atoms with E-state index in [4.69, 9.17) is 0 Å². The molecule has 2 heterocycles. The van der Waals surface area contributed by atoms with Crippen LogP contribution in [0, 0.1) is 6.92 Å². The molecule has 2 rings (SSSR count). The first-order valence-electron chi connectivity index (χ1n) is 5.53. The topological polar surface area (TPSA) is 24.9 Å². The maximum atomic E-state index is 4.49. The first-order valence-corrected chi connectivity index (χ1v) is 7.20. The number of hydrogen-bond acceptors (Lipinski definition) is 3. The first-order chi connectivity index (χ1) is 8.22. The number of thiophene rings is 1. The molecule has 0 aliphatic rings. The second kappa shape index (κ2) is 5.76. The highest BCUT2D eigenvalue weighted by molar-refractivity contribution is 9.10. The Labute approximate surface area is 114 Å². The molecule has 0 fully saturated rings. The van der Waals surface area contributed by atoms with Gasteiger partial charge in [0.25, 0.3) is 0 Å². The van der Waals surface area contributed by atoms with Crippen molar-refractivity contribution in [3.63, 3.8) is 0 Å². The highest BCUT2D eigenvalue weighted by Gasteiger charge is 2.15. The van der Waals surface area contributed by atoms with Crippen LogP contribution in [0.3, 0.4) is 0 Å². The number of aromatic nitrogens is 1. The molecular formula is C13H15BrN2S. The summed E-state index contributed by atoms with van der Waals surface area (Å²) in [4.78, 5) is 5.84. The molecule has 90 valence electrons. The van der Waals surface area contributed by atoms with Crippen LogP contribution in [0.4, 0.5) is 0 Å². The molecule has 0 spiro atoms. The third-order valence-electron chi connectivity index (χ3n) is 2.81. The van der Waals surface area contributed by atoms with Gasteiger partial charge in [0.15, 0.2) is 0 Å². The van der Waals surface area contributed by atoms with Crippen LogP contribution in [-0.2, 0) is 6.42 Å². The van der Waals surface area contributed by atoms with E-state index in [0.29, 0.717) is 0 Å². The predicted octanol–water partition coefficient (Wildman–Crippen LogP) is 3.72. The van der Waals surface area contributed by atoms with E-state index in [-0.39, 0.29) is 6.04 Å². The smallest absolute Gasteiger partial charge is 0.0605 e. The Morgan fingerprint density at radius 2 is 2.29 bits per heavy atom. The number of aryl methyl sites for hydroxylation is 1. The van der Waals surface area contributed by atoms with Crippen LogP contribution in [0.2, 0.25) is 0 Å². The lowest BCUT2D eigenvalue weighted by Gasteiger charge is -2.17. The van der Waals surface area contributed by atoms with Gasteiger partial charge >= 0.3 is 0 Å². The standard InChI is InChI=1S/C13H15BrN2S/c1-9-4-3-6-16-13(9)11(15-2)8-12-10(14)5-7-17-12/h3-7,11,15H,8H2,1-2H3. The van der Waals surface area contributed by atoms with Crippen molar-refractivity contribution in [2.75, 3.05) is 7.05 Å². The van der Waals surface area contributed by atoms with E-state index in [1.54, 1.807) is 11.3 Å². The molecule has 0 bridgehead atoms. The summed E-state index contributed by atoms with van der Waals surface area (Å²) in [7, 11) is 1.99. The molecule has 1 N–H and O–H groups in total. The summed E-state index contributed by atoms with van der Waals surface area (Å²) in [6.07, 6.45) is 2.82. The van der Waals surface area contributed by atoms with Crippen LogP contribution >= 0.6 is 27.3 Å². The van der Waals surface area contributed by atoms with Crippen LogP contribution in [0.25, 0.3) is 0 Å². The van der Waals surface area contributed by atoms with E-state index in [2.05, 4.69) is 50.7 Å². The summed E-state index contributed by atoms with van der Waals surface area (Å²) in [6.45, 7) is 2.11. The zero-order valence-corrected chi connectivity index (χ0v) is 12.3. The van der Waals surface area contributed by atoms with E-state index in [1.165, 1.54) is 14.9 Å². The van der Waals surface area contributed by atoms with E-state index in [0.717, 1.165) is 12.1 Å². The van der Waals surface area contributed by atoms with Gasteiger partial charge in [-0.05, 0) is 53.0 Å². The third kappa shape index (κ3) is 2.94. The number of nitrogens with one attached hydrogen (secondary N) is 1. The van der Waals surface area contributed by atoms with E-state index >= 15 is 0 Å². The average molecular weight is 311 g/mol. The lowest BCUT2D eigenvalue weighted by Crippen LogP contribution is -2.20. The minimum atomic E-state index is 0.270. The van der Waals surface area contributed by atoms with Crippen molar-refractivity contribution in [3.05, 3.63) is 50.4 Å². The van der Waals surface area contributed by atoms with Gasteiger partial charge in [-0.2, -0.15) is 0 Å². The summed E-state index contributed by atoms with van der Waals surface area (Å²) in [5.41, 5.74) is 2.37. The number of pyridine rings is 1. The Balaban J connectivity index is 2.23. The van der Waals surface area contributed by atoms with Crippen molar-refractivity contribution in [1.29, 1.82) is 0 Å². The largest absolute Gasteiger partial charge is 0.311 e. The highest BCUT2D eigenvalue weighted by atomic mass is 79.9. The molecule has 4 heteroatoms. The molecule has 2 nitrogen and oxygen atoms in total. The van der Waals surface area contributed by atoms with Gasteiger partial charge in [0.1, 0.15) is 0 Å². The monoisotopic (exact) mass is 310 g/mol.